The van der Waals surface area contributed by atoms with Gasteiger partial charge in [0.15, 0.2) is 9.84 Å². The summed E-state index contributed by atoms with van der Waals surface area (Å²) in [5, 5.41) is 3.48. The monoisotopic (exact) mass is 304 g/mol. The van der Waals surface area contributed by atoms with Crippen LogP contribution in [-0.4, -0.2) is 55.5 Å². The van der Waals surface area contributed by atoms with Crippen LogP contribution in [0, 0.1) is 0 Å². The van der Waals surface area contributed by atoms with Gasteiger partial charge >= 0.3 is 0 Å². The molecular formula is C15H32N2O2S. The maximum Gasteiger partial charge on any atom is 0.156 e. The van der Waals surface area contributed by atoms with Crippen molar-refractivity contribution < 1.29 is 8.42 Å². The Hall–Kier alpha value is -0.130. The number of nitrogens with zero attached hydrogens (tertiary/aromatic N) is 1. The lowest BCUT2D eigenvalue weighted by atomic mass is 10.0. The molecule has 4 nitrogen and oxygen atoms in total. The van der Waals surface area contributed by atoms with Gasteiger partial charge < -0.3 is 5.32 Å². The third-order valence-corrected chi connectivity index (χ3v) is 6.68. The highest BCUT2D eigenvalue weighted by Gasteiger charge is 2.30. The number of rotatable bonds is 6. The number of nitrogens with one attached hydrogen (secondary N) is 1. The Bertz CT molecular complexity index is 385. The molecule has 0 aromatic rings. The van der Waals surface area contributed by atoms with Crippen molar-refractivity contribution in [2.75, 3.05) is 25.4 Å². The van der Waals surface area contributed by atoms with Gasteiger partial charge in [0.05, 0.1) is 10.5 Å². The minimum absolute atomic E-state index is 0.272. The SMILES string of the molecule is CC(C)NCC1CCCCN1CCS(=O)(=O)C(C)(C)C. The van der Waals surface area contributed by atoms with E-state index < -0.39 is 14.6 Å². The van der Waals surface area contributed by atoms with Crippen LogP contribution in [0.1, 0.15) is 53.9 Å². The second-order valence-corrected chi connectivity index (χ2v) is 10.0. The van der Waals surface area contributed by atoms with Crippen LogP contribution in [-0.2, 0) is 9.84 Å². The predicted octanol–water partition coefficient (Wildman–Crippen LogP) is 2.05. The largest absolute Gasteiger partial charge is 0.313 e. The predicted molar refractivity (Wildman–Crippen MR) is 85.9 cm³/mol. The Morgan fingerprint density at radius 3 is 2.45 bits per heavy atom. The Morgan fingerprint density at radius 2 is 1.90 bits per heavy atom. The van der Waals surface area contributed by atoms with E-state index in [1.807, 2.05) is 0 Å². The molecule has 0 bridgehead atoms. The molecule has 1 aliphatic heterocycles. The standard InChI is InChI=1S/C15H32N2O2S/c1-13(2)16-12-14-8-6-7-9-17(14)10-11-20(18,19)15(3,4)5/h13-14,16H,6-12H2,1-5H3. The first-order chi connectivity index (χ1) is 9.13. The van der Waals surface area contributed by atoms with Gasteiger partial charge in [0.1, 0.15) is 0 Å². The van der Waals surface area contributed by atoms with Crippen molar-refractivity contribution in [3.8, 4) is 0 Å². The highest BCUT2D eigenvalue weighted by atomic mass is 32.2. The first-order valence-electron chi connectivity index (χ1n) is 7.83. The van der Waals surface area contributed by atoms with Crippen molar-refractivity contribution in [3.05, 3.63) is 0 Å². The fourth-order valence-electron chi connectivity index (χ4n) is 2.50. The van der Waals surface area contributed by atoms with E-state index in [0.29, 0.717) is 18.6 Å². The lowest BCUT2D eigenvalue weighted by molar-refractivity contribution is 0.152. The lowest BCUT2D eigenvalue weighted by Crippen LogP contribution is -2.49. The molecule has 1 unspecified atom stereocenters. The molecule has 5 heteroatoms. The van der Waals surface area contributed by atoms with Crippen LogP contribution in [0.15, 0.2) is 0 Å². The number of piperidine rings is 1. The van der Waals surface area contributed by atoms with E-state index in [1.54, 1.807) is 20.8 Å². The van der Waals surface area contributed by atoms with Gasteiger partial charge in [-0.15, -0.1) is 0 Å². The van der Waals surface area contributed by atoms with E-state index in [-0.39, 0.29) is 5.75 Å². The second kappa shape index (κ2) is 7.23. The average Bonchev–Trinajstić information content (AvgIpc) is 2.33. The fraction of sp³-hybridized carbons (Fsp3) is 1.00. The molecule has 0 spiro atoms. The summed E-state index contributed by atoms with van der Waals surface area (Å²) in [6.45, 7) is 12.3. The van der Waals surface area contributed by atoms with Gasteiger partial charge in [0.25, 0.3) is 0 Å². The lowest BCUT2D eigenvalue weighted by Gasteiger charge is -2.36. The summed E-state index contributed by atoms with van der Waals surface area (Å²) in [5.41, 5.74) is 0. The molecule has 120 valence electrons. The van der Waals surface area contributed by atoms with E-state index >= 15 is 0 Å². The molecule has 0 aliphatic carbocycles. The summed E-state index contributed by atoms with van der Waals surface area (Å²) in [6.07, 6.45) is 3.62. The van der Waals surface area contributed by atoms with E-state index in [2.05, 4.69) is 24.1 Å². The van der Waals surface area contributed by atoms with Gasteiger partial charge in [-0.1, -0.05) is 20.3 Å². The Kier molecular flexibility index (Phi) is 6.48. The van der Waals surface area contributed by atoms with Crippen LogP contribution in [0.2, 0.25) is 0 Å². The van der Waals surface area contributed by atoms with Crippen molar-refractivity contribution in [1.29, 1.82) is 0 Å². The maximum absolute atomic E-state index is 12.2. The van der Waals surface area contributed by atoms with Gasteiger partial charge in [0.2, 0.25) is 0 Å². The van der Waals surface area contributed by atoms with Gasteiger partial charge in [-0.3, -0.25) is 4.90 Å². The van der Waals surface area contributed by atoms with Gasteiger partial charge in [0, 0.05) is 25.2 Å². The van der Waals surface area contributed by atoms with Crippen LogP contribution in [0.5, 0.6) is 0 Å². The molecule has 1 rings (SSSR count). The average molecular weight is 305 g/mol. The van der Waals surface area contributed by atoms with E-state index in [4.69, 9.17) is 0 Å². The Morgan fingerprint density at radius 1 is 1.25 bits per heavy atom. The van der Waals surface area contributed by atoms with Gasteiger partial charge in [-0.2, -0.15) is 0 Å². The van der Waals surface area contributed by atoms with Crippen LogP contribution in [0.3, 0.4) is 0 Å². The third-order valence-electron chi connectivity index (χ3n) is 4.09. The highest BCUT2D eigenvalue weighted by Crippen LogP contribution is 2.20. The first kappa shape index (κ1) is 17.9. The summed E-state index contributed by atoms with van der Waals surface area (Å²) >= 11 is 0. The molecule has 1 heterocycles. The fourth-order valence-corrected chi connectivity index (χ4v) is 3.59. The molecule has 0 radical (unpaired) electrons. The highest BCUT2D eigenvalue weighted by molar-refractivity contribution is 7.92. The van der Waals surface area contributed by atoms with E-state index in [1.165, 1.54) is 19.3 Å². The molecule has 1 atom stereocenters. The van der Waals surface area contributed by atoms with E-state index in [9.17, 15) is 8.42 Å². The van der Waals surface area contributed by atoms with Crippen LogP contribution >= 0.6 is 0 Å². The van der Waals surface area contributed by atoms with Crippen LogP contribution in [0.4, 0.5) is 0 Å². The summed E-state index contributed by atoms with van der Waals surface area (Å²) in [6, 6.07) is 0.971. The molecule has 1 N–H and O–H groups in total. The van der Waals surface area contributed by atoms with Crippen LogP contribution < -0.4 is 5.32 Å². The zero-order chi connectivity index (χ0) is 15.4. The zero-order valence-corrected chi connectivity index (χ0v) is 14.6. The molecule has 0 aromatic carbocycles. The topological polar surface area (TPSA) is 49.4 Å². The number of hydrogen-bond donors (Lipinski definition) is 1. The normalized spacial score (nSPS) is 22.4. The molecule has 0 saturated carbocycles. The number of likely N-dealkylation sites (tertiary alicyclic amines) is 1. The summed E-state index contributed by atoms with van der Waals surface area (Å²) in [7, 11) is -3.01. The molecule has 1 fully saturated rings. The van der Waals surface area contributed by atoms with Gasteiger partial charge in [-0.05, 0) is 40.2 Å². The zero-order valence-electron chi connectivity index (χ0n) is 13.8. The molecular weight excluding hydrogens is 272 g/mol. The molecule has 0 amide bonds. The third kappa shape index (κ3) is 5.34. The van der Waals surface area contributed by atoms with Crippen molar-refractivity contribution >= 4 is 9.84 Å². The minimum Gasteiger partial charge on any atom is -0.313 e. The minimum atomic E-state index is -3.01. The smallest absolute Gasteiger partial charge is 0.156 e. The van der Waals surface area contributed by atoms with Crippen molar-refractivity contribution in [3.63, 3.8) is 0 Å². The Balaban J connectivity index is 2.55. The number of hydrogen-bond acceptors (Lipinski definition) is 4. The Labute approximate surface area is 125 Å². The summed E-state index contributed by atoms with van der Waals surface area (Å²) in [4.78, 5) is 2.36. The second-order valence-electron chi connectivity index (χ2n) is 7.18. The summed E-state index contributed by atoms with van der Waals surface area (Å²) < 4.78 is 23.8. The summed E-state index contributed by atoms with van der Waals surface area (Å²) in [5.74, 6) is 0.272. The van der Waals surface area contributed by atoms with Crippen molar-refractivity contribution in [2.24, 2.45) is 0 Å². The van der Waals surface area contributed by atoms with Crippen LogP contribution in [0.25, 0.3) is 0 Å². The molecule has 20 heavy (non-hydrogen) atoms. The molecule has 1 saturated heterocycles. The number of sulfone groups is 1. The van der Waals surface area contributed by atoms with E-state index in [0.717, 1.165) is 13.1 Å². The van der Waals surface area contributed by atoms with Gasteiger partial charge in [-0.25, -0.2) is 8.42 Å². The molecule has 1 aliphatic rings. The first-order valence-corrected chi connectivity index (χ1v) is 9.48. The maximum atomic E-state index is 12.2. The van der Waals surface area contributed by atoms with Crippen molar-refractivity contribution in [1.82, 2.24) is 10.2 Å². The van der Waals surface area contributed by atoms with Crippen molar-refractivity contribution in [2.45, 2.75) is 70.7 Å². The molecule has 0 aromatic heterocycles. The quantitative estimate of drug-likeness (QED) is 0.816.